The zero-order valence-corrected chi connectivity index (χ0v) is 7.16. The van der Waals surface area contributed by atoms with E-state index in [1.165, 1.54) is 0 Å². The van der Waals surface area contributed by atoms with Crippen LogP contribution in [0.4, 0.5) is 5.69 Å². The number of hydrogen-bond donors (Lipinski definition) is 3. The second-order valence-corrected chi connectivity index (χ2v) is 2.37. The van der Waals surface area contributed by atoms with Gasteiger partial charge in [-0.1, -0.05) is 18.2 Å². The summed E-state index contributed by atoms with van der Waals surface area (Å²) in [6.45, 7) is 1.08. The Balaban J connectivity index is 0.00000121. The minimum Gasteiger partial charge on any atom is -0.396 e. The second-order valence-electron chi connectivity index (χ2n) is 2.37. The lowest BCUT2D eigenvalue weighted by molar-refractivity contribution is 0.292. The Morgan fingerprint density at radius 3 is 2.42 bits per heavy atom. The summed E-state index contributed by atoms with van der Waals surface area (Å²) in [6.07, 6.45) is 0.800. The topological polar surface area (TPSA) is 67.3 Å². The number of hydrogen-bond acceptors (Lipinski definition) is 3. The van der Waals surface area contributed by atoms with E-state index in [1.54, 1.807) is 0 Å². The molecule has 12 heavy (non-hydrogen) atoms. The van der Waals surface area contributed by atoms with Crippen LogP contribution in [0.3, 0.4) is 0 Å². The van der Waals surface area contributed by atoms with E-state index in [0.29, 0.717) is 0 Å². The molecule has 0 radical (unpaired) electrons. The van der Waals surface area contributed by atoms with Gasteiger partial charge in [0.15, 0.2) is 0 Å². The van der Waals surface area contributed by atoms with Crippen LogP contribution in [0.2, 0.25) is 0 Å². The standard InChI is InChI=1S/C9H13NO.H3N/c11-8-4-7-10-9-5-2-1-3-6-9;/h1-3,5-6,10-11H,4,7-8H2;1H3. The second kappa shape index (κ2) is 6.64. The SMILES string of the molecule is N.OCCCNc1ccccc1. The molecule has 1 aromatic rings. The summed E-state index contributed by atoms with van der Waals surface area (Å²) in [5.74, 6) is 0. The van der Waals surface area contributed by atoms with Crippen LogP contribution in [-0.2, 0) is 0 Å². The largest absolute Gasteiger partial charge is 0.396 e. The average molecular weight is 168 g/mol. The van der Waals surface area contributed by atoms with E-state index < -0.39 is 0 Å². The lowest BCUT2D eigenvalue weighted by Crippen LogP contribution is -2.02. The van der Waals surface area contributed by atoms with Crippen LogP contribution >= 0.6 is 0 Å². The molecule has 0 aliphatic heterocycles. The molecule has 0 amide bonds. The molecular weight excluding hydrogens is 152 g/mol. The van der Waals surface area contributed by atoms with Crippen LogP contribution in [0.1, 0.15) is 6.42 Å². The Bertz CT molecular complexity index is 189. The van der Waals surface area contributed by atoms with Crippen LogP contribution in [0.25, 0.3) is 0 Å². The van der Waals surface area contributed by atoms with Gasteiger partial charge in [-0.2, -0.15) is 0 Å². The first-order chi connectivity index (χ1) is 5.43. The van der Waals surface area contributed by atoms with Crippen LogP contribution in [0.15, 0.2) is 30.3 Å². The summed E-state index contributed by atoms with van der Waals surface area (Å²) in [6, 6.07) is 9.98. The molecule has 0 aliphatic carbocycles. The molecule has 68 valence electrons. The van der Waals surface area contributed by atoms with Crippen molar-refractivity contribution in [3.63, 3.8) is 0 Å². The maximum atomic E-state index is 8.50. The number of aliphatic hydroxyl groups is 1. The van der Waals surface area contributed by atoms with Crippen LogP contribution < -0.4 is 11.5 Å². The molecule has 0 atom stereocenters. The zero-order chi connectivity index (χ0) is 7.94. The van der Waals surface area contributed by atoms with Crippen molar-refractivity contribution >= 4 is 5.69 Å². The maximum Gasteiger partial charge on any atom is 0.0447 e. The number of benzene rings is 1. The van der Waals surface area contributed by atoms with Gasteiger partial charge in [0.25, 0.3) is 0 Å². The van der Waals surface area contributed by atoms with Gasteiger partial charge in [-0.25, -0.2) is 0 Å². The molecule has 3 heteroatoms. The van der Waals surface area contributed by atoms with Crippen molar-refractivity contribution in [2.75, 3.05) is 18.5 Å². The number of para-hydroxylation sites is 1. The first kappa shape index (κ1) is 10.9. The molecule has 0 unspecified atom stereocenters. The highest BCUT2D eigenvalue weighted by molar-refractivity contribution is 5.42. The molecule has 0 fully saturated rings. The summed E-state index contributed by atoms with van der Waals surface area (Å²) in [4.78, 5) is 0. The molecule has 1 aromatic carbocycles. The highest BCUT2D eigenvalue weighted by Crippen LogP contribution is 2.03. The summed E-state index contributed by atoms with van der Waals surface area (Å²) in [7, 11) is 0. The predicted molar refractivity (Wildman–Crippen MR) is 51.7 cm³/mol. The molecule has 5 N–H and O–H groups in total. The van der Waals surface area contributed by atoms with Gasteiger partial charge >= 0.3 is 0 Å². The first-order valence-corrected chi connectivity index (χ1v) is 3.83. The molecule has 0 heterocycles. The Kier molecular flexibility index (Phi) is 6.05. The third kappa shape index (κ3) is 3.95. The van der Waals surface area contributed by atoms with Crippen molar-refractivity contribution in [1.82, 2.24) is 6.15 Å². The average Bonchev–Trinajstić information content (AvgIpc) is 2.07. The molecule has 0 aromatic heterocycles. The summed E-state index contributed by atoms with van der Waals surface area (Å²) < 4.78 is 0. The molecular formula is C9H16N2O. The lowest BCUT2D eigenvalue weighted by atomic mass is 10.3. The zero-order valence-electron chi connectivity index (χ0n) is 7.16. The van der Waals surface area contributed by atoms with Crippen molar-refractivity contribution in [2.45, 2.75) is 6.42 Å². The summed E-state index contributed by atoms with van der Waals surface area (Å²) >= 11 is 0. The highest BCUT2D eigenvalue weighted by Gasteiger charge is 1.86. The van der Waals surface area contributed by atoms with E-state index in [0.717, 1.165) is 18.7 Å². The number of aliphatic hydroxyl groups excluding tert-OH is 1. The van der Waals surface area contributed by atoms with Gasteiger partial charge in [0.1, 0.15) is 0 Å². The van der Waals surface area contributed by atoms with Gasteiger partial charge in [0, 0.05) is 18.8 Å². The molecule has 0 bridgehead atoms. The number of nitrogens with one attached hydrogen (secondary N) is 1. The third-order valence-corrected chi connectivity index (χ3v) is 1.44. The normalized spacial score (nSPS) is 8.75. The Labute approximate surface area is 73.0 Å². The minimum atomic E-state index is 0. The van der Waals surface area contributed by atoms with Gasteiger partial charge in [0.2, 0.25) is 0 Å². The van der Waals surface area contributed by atoms with E-state index in [-0.39, 0.29) is 12.8 Å². The lowest BCUT2D eigenvalue weighted by Gasteiger charge is -2.03. The van der Waals surface area contributed by atoms with E-state index in [2.05, 4.69) is 5.32 Å². The van der Waals surface area contributed by atoms with Gasteiger partial charge < -0.3 is 16.6 Å². The minimum absolute atomic E-state index is 0. The molecule has 3 nitrogen and oxygen atoms in total. The monoisotopic (exact) mass is 168 g/mol. The van der Waals surface area contributed by atoms with Crippen LogP contribution in [0, 0.1) is 0 Å². The fourth-order valence-electron chi connectivity index (χ4n) is 0.868. The van der Waals surface area contributed by atoms with Crippen molar-refractivity contribution in [3.05, 3.63) is 30.3 Å². The van der Waals surface area contributed by atoms with Crippen molar-refractivity contribution < 1.29 is 5.11 Å². The Hall–Kier alpha value is -1.06. The van der Waals surface area contributed by atoms with Crippen LogP contribution in [-0.4, -0.2) is 18.3 Å². The molecule has 1 rings (SSSR count). The Morgan fingerprint density at radius 1 is 1.17 bits per heavy atom. The van der Waals surface area contributed by atoms with E-state index in [4.69, 9.17) is 5.11 Å². The summed E-state index contributed by atoms with van der Waals surface area (Å²) in [5, 5.41) is 11.7. The van der Waals surface area contributed by atoms with E-state index in [1.807, 2.05) is 30.3 Å². The fourth-order valence-corrected chi connectivity index (χ4v) is 0.868. The first-order valence-electron chi connectivity index (χ1n) is 3.83. The third-order valence-electron chi connectivity index (χ3n) is 1.44. The number of anilines is 1. The smallest absolute Gasteiger partial charge is 0.0447 e. The molecule has 0 aliphatic rings. The number of rotatable bonds is 4. The van der Waals surface area contributed by atoms with Gasteiger partial charge in [-0.05, 0) is 18.6 Å². The van der Waals surface area contributed by atoms with Gasteiger partial charge in [-0.15, -0.1) is 0 Å². The van der Waals surface area contributed by atoms with Gasteiger partial charge in [0.05, 0.1) is 0 Å². The quantitative estimate of drug-likeness (QED) is 0.599. The maximum absolute atomic E-state index is 8.50. The highest BCUT2D eigenvalue weighted by atomic mass is 16.3. The van der Waals surface area contributed by atoms with Crippen molar-refractivity contribution in [2.24, 2.45) is 0 Å². The molecule has 0 spiro atoms. The molecule has 0 saturated heterocycles. The van der Waals surface area contributed by atoms with Crippen molar-refractivity contribution in [1.29, 1.82) is 0 Å². The summed E-state index contributed by atoms with van der Waals surface area (Å²) in [5.41, 5.74) is 1.11. The molecule has 0 saturated carbocycles. The van der Waals surface area contributed by atoms with Crippen LogP contribution in [0.5, 0.6) is 0 Å². The van der Waals surface area contributed by atoms with E-state index >= 15 is 0 Å². The van der Waals surface area contributed by atoms with Gasteiger partial charge in [-0.3, -0.25) is 0 Å². The predicted octanol–water partition coefficient (Wildman–Crippen LogP) is 1.64. The van der Waals surface area contributed by atoms with E-state index in [9.17, 15) is 0 Å². The Morgan fingerprint density at radius 2 is 1.83 bits per heavy atom. The fraction of sp³-hybridized carbons (Fsp3) is 0.333. The van der Waals surface area contributed by atoms with Crippen molar-refractivity contribution in [3.8, 4) is 0 Å².